The van der Waals surface area contributed by atoms with E-state index in [1.165, 1.54) is 5.56 Å². The summed E-state index contributed by atoms with van der Waals surface area (Å²) in [6, 6.07) is 8.14. The minimum atomic E-state index is -0.703. The van der Waals surface area contributed by atoms with Crippen molar-refractivity contribution in [3.63, 3.8) is 0 Å². The normalized spacial score (nSPS) is 27.8. The molecule has 0 bridgehead atoms. The molecule has 1 aromatic carbocycles. The lowest BCUT2D eigenvalue weighted by Crippen LogP contribution is -2.52. The second-order valence-corrected chi connectivity index (χ2v) is 7.91. The minimum Gasteiger partial charge on any atom is -0.508 e. The smallest absolute Gasteiger partial charge is 0.115 e. The van der Waals surface area contributed by atoms with Gasteiger partial charge in [0.2, 0.25) is 0 Å². The third-order valence-corrected chi connectivity index (χ3v) is 5.53. The van der Waals surface area contributed by atoms with Crippen molar-refractivity contribution in [2.75, 3.05) is 39.4 Å². The van der Waals surface area contributed by atoms with E-state index in [1.807, 2.05) is 19.1 Å². The van der Waals surface area contributed by atoms with Crippen molar-refractivity contribution in [3.05, 3.63) is 29.8 Å². The molecular formula is C20H32N2O3. The number of rotatable bonds is 6. The average molecular weight is 348 g/mol. The molecule has 2 aliphatic rings. The van der Waals surface area contributed by atoms with Crippen LogP contribution in [0, 0.1) is 0 Å². The van der Waals surface area contributed by atoms with E-state index in [0.29, 0.717) is 30.8 Å². The average Bonchev–Trinajstić information content (AvgIpc) is 2.62. The van der Waals surface area contributed by atoms with E-state index in [2.05, 4.69) is 10.2 Å². The third kappa shape index (κ3) is 5.68. The summed E-state index contributed by atoms with van der Waals surface area (Å²) in [5.41, 5.74) is 0.626. The summed E-state index contributed by atoms with van der Waals surface area (Å²) in [6.45, 7) is 6.62. The summed E-state index contributed by atoms with van der Waals surface area (Å²) in [5, 5.41) is 23.7. The summed E-state index contributed by atoms with van der Waals surface area (Å²) in [4.78, 5) is 2.28. The van der Waals surface area contributed by atoms with Crippen LogP contribution in [0.3, 0.4) is 0 Å². The first-order valence-corrected chi connectivity index (χ1v) is 9.57. The molecule has 1 aromatic rings. The zero-order valence-corrected chi connectivity index (χ0v) is 15.3. The molecular weight excluding hydrogens is 316 g/mol. The Bertz CT molecular complexity index is 518. The van der Waals surface area contributed by atoms with Crippen LogP contribution in [-0.4, -0.2) is 66.1 Å². The van der Waals surface area contributed by atoms with Gasteiger partial charge in [0.25, 0.3) is 0 Å². The van der Waals surface area contributed by atoms with Crippen molar-refractivity contribution in [2.45, 2.75) is 50.2 Å². The maximum atomic E-state index is 10.7. The number of nitrogens with one attached hydrogen (secondary N) is 1. The quantitative estimate of drug-likeness (QED) is 0.735. The molecule has 1 aliphatic heterocycles. The maximum absolute atomic E-state index is 10.7. The number of hydrogen-bond donors (Lipinski definition) is 3. The van der Waals surface area contributed by atoms with E-state index in [-0.39, 0.29) is 0 Å². The molecule has 2 fully saturated rings. The molecule has 1 saturated carbocycles. The second kappa shape index (κ2) is 8.49. The highest BCUT2D eigenvalue weighted by Gasteiger charge is 2.28. The molecule has 1 atom stereocenters. The lowest BCUT2D eigenvalue weighted by molar-refractivity contribution is -0.0233. The fourth-order valence-electron chi connectivity index (χ4n) is 4.04. The van der Waals surface area contributed by atoms with Crippen molar-refractivity contribution in [1.82, 2.24) is 10.2 Å². The molecule has 1 aliphatic carbocycles. The van der Waals surface area contributed by atoms with Crippen molar-refractivity contribution in [2.24, 2.45) is 0 Å². The number of benzene rings is 1. The molecule has 0 spiro atoms. The number of nitrogens with zero attached hydrogens (tertiary/aromatic N) is 1. The van der Waals surface area contributed by atoms with Crippen LogP contribution in [0.1, 0.15) is 44.1 Å². The van der Waals surface area contributed by atoms with Crippen LogP contribution in [0.4, 0.5) is 0 Å². The van der Waals surface area contributed by atoms with Crippen LogP contribution in [-0.2, 0) is 4.74 Å². The first kappa shape index (κ1) is 18.6. The summed E-state index contributed by atoms with van der Waals surface area (Å²) < 4.78 is 5.37. The van der Waals surface area contributed by atoms with Gasteiger partial charge >= 0.3 is 0 Å². The van der Waals surface area contributed by atoms with Crippen molar-refractivity contribution in [1.29, 1.82) is 0 Å². The number of β-amino-alcohol motifs (C(OH)–C–C–N with tert-alkyl or cyclic N) is 1. The Morgan fingerprint density at radius 1 is 1.12 bits per heavy atom. The van der Waals surface area contributed by atoms with Gasteiger partial charge in [-0.1, -0.05) is 12.1 Å². The maximum Gasteiger partial charge on any atom is 0.115 e. The number of morpholine rings is 1. The van der Waals surface area contributed by atoms with E-state index in [0.717, 1.165) is 52.0 Å². The largest absolute Gasteiger partial charge is 0.508 e. The van der Waals surface area contributed by atoms with Crippen molar-refractivity contribution in [3.8, 4) is 5.75 Å². The van der Waals surface area contributed by atoms with Crippen LogP contribution in [0.5, 0.6) is 5.75 Å². The molecule has 25 heavy (non-hydrogen) atoms. The summed E-state index contributed by atoms with van der Waals surface area (Å²) in [6.07, 6.45) is 4.60. The molecule has 0 radical (unpaired) electrons. The fourth-order valence-corrected chi connectivity index (χ4v) is 4.04. The van der Waals surface area contributed by atoms with Gasteiger partial charge in [0.05, 0.1) is 18.8 Å². The lowest BCUT2D eigenvalue weighted by Gasteiger charge is -2.36. The summed E-state index contributed by atoms with van der Waals surface area (Å²) in [5.74, 6) is 0.925. The van der Waals surface area contributed by atoms with E-state index in [1.54, 1.807) is 12.1 Å². The van der Waals surface area contributed by atoms with Crippen molar-refractivity contribution < 1.29 is 14.9 Å². The van der Waals surface area contributed by atoms with Crippen LogP contribution >= 0.6 is 0 Å². The van der Waals surface area contributed by atoms with E-state index in [4.69, 9.17) is 4.74 Å². The van der Waals surface area contributed by atoms with Gasteiger partial charge in [-0.05, 0) is 56.2 Å². The van der Waals surface area contributed by atoms with Crippen LogP contribution in [0.15, 0.2) is 24.3 Å². The van der Waals surface area contributed by atoms with Gasteiger partial charge in [0.1, 0.15) is 5.75 Å². The Balaban J connectivity index is 1.40. The molecule has 140 valence electrons. The molecule has 1 heterocycles. The molecule has 0 amide bonds. The Kier molecular flexibility index (Phi) is 6.34. The number of aromatic hydroxyl groups is 1. The van der Waals surface area contributed by atoms with Gasteiger partial charge < -0.3 is 20.3 Å². The second-order valence-electron chi connectivity index (χ2n) is 7.91. The Hall–Kier alpha value is -1.14. The van der Waals surface area contributed by atoms with Gasteiger partial charge in [-0.15, -0.1) is 0 Å². The van der Waals surface area contributed by atoms with Gasteiger partial charge in [0.15, 0.2) is 0 Å². The lowest BCUT2D eigenvalue weighted by atomic mass is 9.81. The third-order valence-electron chi connectivity index (χ3n) is 5.53. The van der Waals surface area contributed by atoms with Crippen molar-refractivity contribution >= 4 is 0 Å². The van der Waals surface area contributed by atoms with E-state index in [9.17, 15) is 10.2 Å². The highest BCUT2D eigenvalue weighted by molar-refractivity contribution is 5.28. The Morgan fingerprint density at radius 2 is 1.76 bits per heavy atom. The number of hydrogen-bond acceptors (Lipinski definition) is 5. The van der Waals surface area contributed by atoms with Gasteiger partial charge in [-0.3, -0.25) is 4.90 Å². The highest BCUT2D eigenvalue weighted by atomic mass is 16.5. The first-order chi connectivity index (χ1) is 12.0. The highest BCUT2D eigenvalue weighted by Crippen LogP contribution is 2.33. The van der Waals surface area contributed by atoms with Gasteiger partial charge in [0, 0.05) is 32.2 Å². The predicted octanol–water partition coefficient (Wildman–Crippen LogP) is 2.09. The molecule has 0 aromatic heterocycles. The fraction of sp³-hybridized carbons (Fsp3) is 0.700. The summed E-state index contributed by atoms with van der Waals surface area (Å²) >= 11 is 0. The monoisotopic (exact) mass is 348 g/mol. The van der Waals surface area contributed by atoms with E-state index >= 15 is 0 Å². The van der Waals surface area contributed by atoms with Gasteiger partial charge in [-0.2, -0.15) is 0 Å². The molecule has 1 unspecified atom stereocenters. The van der Waals surface area contributed by atoms with Crippen LogP contribution in [0.2, 0.25) is 0 Å². The van der Waals surface area contributed by atoms with Gasteiger partial charge in [-0.25, -0.2) is 0 Å². The molecule has 1 saturated heterocycles. The predicted molar refractivity (Wildman–Crippen MR) is 99.0 cm³/mol. The van der Waals surface area contributed by atoms with Crippen LogP contribution < -0.4 is 5.32 Å². The number of aliphatic hydroxyl groups is 1. The zero-order valence-electron chi connectivity index (χ0n) is 15.3. The Morgan fingerprint density at radius 3 is 2.40 bits per heavy atom. The minimum absolute atomic E-state index is 0.335. The summed E-state index contributed by atoms with van der Waals surface area (Å²) in [7, 11) is 0. The first-order valence-electron chi connectivity index (χ1n) is 9.57. The topological polar surface area (TPSA) is 65.0 Å². The number of phenolic OH excluding ortho intramolecular Hbond substituents is 1. The number of ether oxygens (including phenoxy) is 1. The van der Waals surface area contributed by atoms with Crippen LogP contribution in [0.25, 0.3) is 0 Å². The zero-order chi connectivity index (χ0) is 17.7. The standard InChI is InChI=1S/C20H32N2O3/c1-20(24,15-22-10-12-25-13-11-22)14-21-18-6-2-16(3-7-18)17-4-8-19(23)9-5-17/h4-5,8-9,16,18,21,23-24H,2-3,6-7,10-15H2,1H3. The molecule has 3 N–H and O–H groups in total. The van der Waals surface area contributed by atoms with E-state index < -0.39 is 5.60 Å². The molecule has 5 nitrogen and oxygen atoms in total. The molecule has 3 rings (SSSR count). The molecule has 5 heteroatoms. The SMILES string of the molecule is CC(O)(CNC1CCC(c2ccc(O)cc2)CC1)CN1CCOCC1. The number of phenols is 1. The Labute approximate surface area is 151 Å².